The van der Waals surface area contributed by atoms with Crippen molar-refractivity contribution in [2.24, 2.45) is 5.73 Å². The van der Waals surface area contributed by atoms with Crippen LogP contribution in [0, 0.1) is 6.92 Å². The van der Waals surface area contributed by atoms with Crippen LogP contribution in [-0.4, -0.2) is 33.0 Å². The second-order valence-corrected chi connectivity index (χ2v) is 5.18. The van der Waals surface area contributed by atoms with E-state index in [4.69, 9.17) is 5.73 Å². The SMILES string of the molecule is CCn1ncnc1CC(CN)(CO)c1ccc(C)cc1. The van der Waals surface area contributed by atoms with Crippen molar-refractivity contribution in [2.75, 3.05) is 13.2 Å². The van der Waals surface area contributed by atoms with Crippen LogP contribution in [-0.2, 0) is 18.4 Å². The summed E-state index contributed by atoms with van der Waals surface area (Å²) < 4.78 is 1.84. The smallest absolute Gasteiger partial charge is 0.138 e. The molecule has 0 radical (unpaired) electrons. The number of nitrogens with two attached hydrogens (primary N) is 1. The Labute approximate surface area is 119 Å². The molecular formula is C15H22N4O. The lowest BCUT2D eigenvalue weighted by Gasteiger charge is -2.31. The number of aromatic nitrogens is 3. The number of aryl methyl sites for hydroxylation is 2. The third-order valence-corrected chi connectivity index (χ3v) is 3.85. The number of benzene rings is 1. The number of hydrogen-bond donors (Lipinski definition) is 2. The van der Waals surface area contributed by atoms with Crippen molar-refractivity contribution >= 4 is 0 Å². The van der Waals surface area contributed by atoms with Crippen LogP contribution in [0.25, 0.3) is 0 Å². The highest BCUT2D eigenvalue weighted by Crippen LogP contribution is 2.27. The second kappa shape index (κ2) is 6.15. The first-order valence-corrected chi connectivity index (χ1v) is 6.90. The molecule has 1 heterocycles. The molecule has 0 aliphatic rings. The van der Waals surface area contributed by atoms with Gasteiger partial charge in [0.05, 0.1) is 6.61 Å². The molecule has 0 fully saturated rings. The predicted molar refractivity (Wildman–Crippen MR) is 78.4 cm³/mol. The highest BCUT2D eigenvalue weighted by atomic mass is 16.3. The monoisotopic (exact) mass is 274 g/mol. The molecule has 1 aromatic heterocycles. The fourth-order valence-corrected chi connectivity index (χ4v) is 2.40. The van der Waals surface area contributed by atoms with Crippen molar-refractivity contribution in [3.8, 4) is 0 Å². The van der Waals surface area contributed by atoms with Gasteiger partial charge in [0.15, 0.2) is 0 Å². The minimum Gasteiger partial charge on any atom is -0.395 e. The Morgan fingerprint density at radius 2 is 2.00 bits per heavy atom. The van der Waals surface area contributed by atoms with Gasteiger partial charge in [0, 0.05) is 24.9 Å². The van der Waals surface area contributed by atoms with Gasteiger partial charge < -0.3 is 10.8 Å². The molecule has 0 saturated carbocycles. The Bertz CT molecular complexity index is 543. The normalized spacial score (nSPS) is 14.2. The molecule has 5 nitrogen and oxygen atoms in total. The molecule has 0 aliphatic carbocycles. The lowest BCUT2D eigenvalue weighted by molar-refractivity contribution is 0.192. The molecule has 0 bridgehead atoms. The quantitative estimate of drug-likeness (QED) is 0.825. The molecule has 0 spiro atoms. The Morgan fingerprint density at radius 1 is 1.30 bits per heavy atom. The van der Waals surface area contributed by atoms with Crippen LogP contribution in [0.1, 0.15) is 23.9 Å². The number of rotatable bonds is 6. The van der Waals surface area contributed by atoms with Crippen LogP contribution < -0.4 is 5.73 Å². The van der Waals surface area contributed by atoms with Crippen LogP contribution >= 0.6 is 0 Å². The first kappa shape index (κ1) is 14.7. The van der Waals surface area contributed by atoms with Crippen molar-refractivity contribution in [2.45, 2.75) is 32.2 Å². The van der Waals surface area contributed by atoms with Crippen LogP contribution in [0.5, 0.6) is 0 Å². The summed E-state index contributed by atoms with van der Waals surface area (Å²) in [5.74, 6) is 0.854. The van der Waals surface area contributed by atoms with Gasteiger partial charge in [-0.3, -0.25) is 4.68 Å². The fraction of sp³-hybridized carbons (Fsp3) is 0.467. The van der Waals surface area contributed by atoms with E-state index in [0.717, 1.165) is 17.9 Å². The van der Waals surface area contributed by atoms with Gasteiger partial charge in [0.1, 0.15) is 12.2 Å². The average molecular weight is 274 g/mol. The minimum atomic E-state index is -0.506. The molecule has 108 valence electrons. The van der Waals surface area contributed by atoms with Crippen molar-refractivity contribution in [1.82, 2.24) is 14.8 Å². The summed E-state index contributed by atoms with van der Waals surface area (Å²) in [5.41, 5.74) is 7.70. The van der Waals surface area contributed by atoms with Gasteiger partial charge in [-0.1, -0.05) is 29.8 Å². The molecule has 0 amide bonds. The van der Waals surface area contributed by atoms with Crippen molar-refractivity contribution < 1.29 is 5.11 Å². The summed E-state index contributed by atoms with van der Waals surface area (Å²) in [6.45, 7) is 5.18. The van der Waals surface area contributed by atoms with Crippen LogP contribution in [0.3, 0.4) is 0 Å². The van der Waals surface area contributed by atoms with Gasteiger partial charge in [-0.15, -0.1) is 0 Å². The van der Waals surface area contributed by atoms with Gasteiger partial charge in [-0.25, -0.2) is 4.98 Å². The van der Waals surface area contributed by atoms with E-state index in [1.54, 1.807) is 6.33 Å². The zero-order valence-corrected chi connectivity index (χ0v) is 12.1. The summed E-state index contributed by atoms with van der Waals surface area (Å²) in [6.07, 6.45) is 2.13. The van der Waals surface area contributed by atoms with Crippen molar-refractivity contribution in [3.63, 3.8) is 0 Å². The molecule has 1 atom stereocenters. The zero-order chi connectivity index (χ0) is 14.6. The summed E-state index contributed by atoms with van der Waals surface area (Å²) in [7, 11) is 0. The third kappa shape index (κ3) is 2.73. The molecule has 3 N–H and O–H groups in total. The van der Waals surface area contributed by atoms with Gasteiger partial charge in [-0.2, -0.15) is 5.10 Å². The van der Waals surface area contributed by atoms with E-state index in [9.17, 15) is 5.11 Å². The molecule has 0 aliphatic heterocycles. The summed E-state index contributed by atoms with van der Waals surface area (Å²) in [6, 6.07) is 8.15. The number of aliphatic hydroxyl groups is 1. The molecule has 2 aromatic rings. The first-order chi connectivity index (χ1) is 9.65. The van der Waals surface area contributed by atoms with Crippen molar-refractivity contribution in [1.29, 1.82) is 0 Å². The van der Waals surface area contributed by atoms with Crippen molar-refractivity contribution in [3.05, 3.63) is 47.5 Å². The lowest BCUT2D eigenvalue weighted by atomic mass is 9.78. The maximum absolute atomic E-state index is 9.92. The van der Waals surface area contributed by atoms with Crippen LogP contribution in [0.4, 0.5) is 0 Å². The number of nitrogens with zero attached hydrogens (tertiary/aromatic N) is 3. The van der Waals surface area contributed by atoms with E-state index >= 15 is 0 Å². The molecule has 5 heteroatoms. The minimum absolute atomic E-state index is 0.0108. The standard InChI is InChI=1S/C15H22N4O/c1-3-19-14(17-11-18-19)8-15(9-16,10-20)13-6-4-12(2)5-7-13/h4-7,11,20H,3,8-10,16H2,1-2H3. The van der Waals surface area contributed by atoms with Gasteiger partial charge in [0.2, 0.25) is 0 Å². The van der Waals surface area contributed by atoms with E-state index in [1.165, 1.54) is 5.56 Å². The Balaban J connectivity index is 2.36. The fourth-order valence-electron chi connectivity index (χ4n) is 2.40. The zero-order valence-electron chi connectivity index (χ0n) is 12.1. The predicted octanol–water partition coefficient (Wildman–Crippen LogP) is 1.04. The first-order valence-electron chi connectivity index (χ1n) is 6.90. The Kier molecular flexibility index (Phi) is 4.52. The van der Waals surface area contributed by atoms with Crippen LogP contribution in [0.15, 0.2) is 30.6 Å². The lowest BCUT2D eigenvalue weighted by Crippen LogP contribution is -2.41. The van der Waals surface area contributed by atoms with E-state index in [2.05, 4.69) is 10.1 Å². The summed E-state index contributed by atoms with van der Waals surface area (Å²) in [4.78, 5) is 4.30. The average Bonchev–Trinajstić information content (AvgIpc) is 2.93. The Hall–Kier alpha value is -1.72. The van der Waals surface area contributed by atoms with Gasteiger partial charge in [-0.05, 0) is 19.4 Å². The summed E-state index contributed by atoms with van der Waals surface area (Å²) >= 11 is 0. The molecule has 0 saturated heterocycles. The highest BCUT2D eigenvalue weighted by molar-refractivity contribution is 5.30. The molecule has 1 unspecified atom stereocenters. The molecule has 20 heavy (non-hydrogen) atoms. The molecular weight excluding hydrogens is 252 g/mol. The van der Waals surface area contributed by atoms with E-state index in [0.29, 0.717) is 13.0 Å². The van der Waals surface area contributed by atoms with Gasteiger partial charge >= 0.3 is 0 Å². The number of aliphatic hydroxyl groups excluding tert-OH is 1. The maximum atomic E-state index is 9.92. The van der Waals surface area contributed by atoms with Crippen LogP contribution in [0.2, 0.25) is 0 Å². The Morgan fingerprint density at radius 3 is 2.55 bits per heavy atom. The number of hydrogen-bond acceptors (Lipinski definition) is 4. The van der Waals surface area contributed by atoms with E-state index in [1.807, 2.05) is 42.8 Å². The summed E-state index contributed by atoms with van der Waals surface area (Å²) in [5, 5.41) is 14.1. The van der Waals surface area contributed by atoms with Gasteiger partial charge in [0.25, 0.3) is 0 Å². The van der Waals surface area contributed by atoms with E-state index in [-0.39, 0.29) is 6.61 Å². The largest absolute Gasteiger partial charge is 0.395 e. The van der Waals surface area contributed by atoms with E-state index < -0.39 is 5.41 Å². The highest BCUT2D eigenvalue weighted by Gasteiger charge is 2.32. The molecule has 1 aromatic carbocycles. The third-order valence-electron chi connectivity index (χ3n) is 3.85. The topological polar surface area (TPSA) is 77.0 Å². The molecule has 2 rings (SSSR count). The maximum Gasteiger partial charge on any atom is 0.138 e. The second-order valence-electron chi connectivity index (χ2n) is 5.18.